The van der Waals surface area contributed by atoms with Crippen molar-refractivity contribution in [1.29, 1.82) is 0 Å². The highest BCUT2D eigenvalue weighted by molar-refractivity contribution is 7.99. The SMILES string of the molecule is COC(C)(C)CCSc1cccc(CO)c1. The van der Waals surface area contributed by atoms with Gasteiger partial charge in [0.2, 0.25) is 0 Å². The van der Waals surface area contributed by atoms with Gasteiger partial charge in [0.05, 0.1) is 12.2 Å². The molecule has 1 N–H and O–H groups in total. The lowest BCUT2D eigenvalue weighted by Gasteiger charge is -2.22. The molecule has 1 rings (SSSR count). The lowest BCUT2D eigenvalue weighted by molar-refractivity contribution is 0.0207. The van der Waals surface area contributed by atoms with Gasteiger partial charge >= 0.3 is 0 Å². The van der Waals surface area contributed by atoms with Gasteiger partial charge in [-0.2, -0.15) is 0 Å². The minimum absolute atomic E-state index is 0.0540. The molecule has 0 atom stereocenters. The number of aliphatic hydroxyl groups excluding tert-OH is 1. The third-order valence-corrected chi connectivity index (χ3v) is 3.60. The summed E-state index contributed by atoms with van der Waals surface area (Å²) in [6.45, 7) is 4.30. The van der Waals surface area contributed by atoms with E-state index in [-0.39, 0.29) is 12.2 Å². The first-order chi connectivity index (χ1) is 7.57. The zero-order valence-electron chi connectivity index (χ0n) is 10.2. The van der Waals surface area contributed by atoms with Crippen molar-refractivity contribution in [3.05, 3.63) is 29.8 Å². The molecule has 3 heteroatoms. The predicted molar refractivity (Wildman–Crippen MR) is 68.8 cm³/mol. The highest BCUT2D eigenvalue weighted by Gasteiger charge is 2.15. The van der Waals surface area contributed by atoms with Crippen LogP contribution in [0.1, 0.15) is 25.8 Å². The number of hydrogen-bond acceptors (Lipinski definition) is 3. The van der Waals surface area contributed by atoms with Crippen LogP contribution in [0.25, 0.3) is 0 Å². The Bertz CT molecular complexity index is 323. The Labute approximate surface area is 102 Å². The van der Waals surface area contributed by atoms with Crippen LogP contribution in [0.3, 0.4) is 0 Å². The van der Waals surface area contributed by atoms with Crippen molar-refractivity contribution in [2.75, 3.05) is 12.9 Å². The van der Waals surface area contributed by atoms with Crippen LogP contribution in [0, 0.1) is 0 Å². The van der Waals surface area contributed by atoms with E-state index in [9.17, 15) is 0 Å². The van der Waals surface area contributed by atoms with E-state index >= 15 is 0 Å². The van der Waals surface area contributed by atoms with Gasteiger partial charge < -0.3 is 9.84 Å². The van der Waals surface area contributed by atoms with Gasteiger partial charge in [0.15, 0.2) is 0 Å². The second-order valence-electron chi connectivity index (χ2n) is 4.37. The van der Waals surface area contributed by atoms with Crippen molar-refractivity contribution in [3.8, 4) is 0 Å². The molecule has 2 nitrogen and oxygen atoms in total. The van der Waals surface area contributed by atoms with Crippen molar-refractivity contribution in [2.24, 2.45) is 0 Å². The molecule has 0 spiro atoms. The lowest BCUT2D eigenvalue weighted by Crippen LogP contribution is -2.22. The molecule has 1 aromatic rings. The monoisotopic (exact) mass is 240 g/mol. The molecule has 0 aromatic heterocycles. The summed E-state index contributed by atoms with van der Waals surface area (Å²) in [6, 6.07) is 8.02. The summed E-state index contributed by atoms with van der Waals surface area (Å²) < 4.78 is 5.37. The lowest BCUT2D eigenvalue weighted by atomic mass is 10.1. The van der Waals surface area contributed by atoms with Gasteiger partial charge in [-0.1, -0.05) is 12.1 Å². The molecule has 16 heavy (non-hydrogen) atoms. The van der Waals surface area contributed by atoms with Gasteiger partial charge in [0, 0.05) is 17.8 Å². The van der Waals surface area contributed by atoms with Gasteiger partial charge in [-0.3, -0.25) is 0 Å². The van der Waals surface area contributed by atoms with Crippen LogP contribution in [0.15, 0.2) is 29.2 Å². The highest BCUT2D eigenvalue weighted by atomic mass is 32.2. The van der Waals surface area contributed by atoms with Crippen LogP contribution in [-0.4, -0.2) is 23.6 Å². The van der Waals surface area contributed by atoms with E-state index in [0.717, 1.165) is 17.7 Å². The van der Waals surface area contributed by atoms with E-state index in [1.54, 1.807) is 18.9 Å². The summed E-state index contributed by atoms with van der Waals surface area (Å²) >= 11 is 1.80. The molecule has 0 saturated carbocycles. The van der Waals surface area contributed by atoms with Crippen LogP contribution in [-0.2, 0) is 11.3 Å². The smallest absolute Gasteiger partial charge is 0.0682 e. The van der Waals surface area contributed by atoms with Crippen molar-refractivity contribution in [1.82, 2.24) is 0 Å². The molecule has 0 amide bonds. The van der Waals surface area contributed by atoms with E-state index in [1.165, 1.54) is 4.90 Å². The first-order valence-electron chi connectivity index (χ1n) is 5.45. The number of hydrogen-bond donors (Lipinski definition) is 1. The topological polar surface area (TPSA) is 29.5 Å². The summed E-state index contributed by atoms with van der Waals surface area (Å²) in [5.41, 5.74) is 0.915. The zero-order chi connectivity index (χ0) is 12.0. The molecule has 90 valence electrons. The second-order valence-corrected chi connectivity index (χ2v) is 5.54. The van der Waals surface area contributed by atoms with Crippen molar-refractivity contribution >= 4 is 11.8 Å². The summed E-state index contributed by atoms with van der Waals surface area (Å²) in [5.74, 6) is 1.02. The maximum atomic E-state index is 9.03. The van der Waals surface area contributed by atoms with Crippen LogP contribution < -0.4 is 0 Å². The third kappa shape index (κ3) is 4.56. The fourth-order valence-electron chi connectivity index (χ4n) is 1.25. The van der Waals surface area contributed by atoms with E-state index in [1.807, 2.05) is 18.2 Å². The van der Waals surface area contributed by atoms with E-state index < -0.39 is 0 Å². The number of aliphatic hydroxyl groups is 1. The van der Waals surface area contributed by atoms with E-state index in [2.05, 4.69) is 19.9 Å². The molecular weight excluding hydrogens is 220 g/mol. The summed E-state index contributed by atoms with van der Waals surface area (Å²) in [6.07, 6.45) is 1.01. The van der Waals surface area contributed by atoms with Gasteiger partial charge in [0.25, 0.3) is 0 Å². The number of rotatable bonds is 6. The van der Waals surface area contributed by atoms with Crippen LogP contribution in [0.5, 0.6) is 0 Å². The third-order valence-electron chi connectivity index (χ3n) is 2.61. The molecular formula is C13H20O2S. The van der Waals surface area contributed by atoms with E-state index in [0.29, 0.717) is 0 Å². The molecule has 0 bridgehead atoms. The molecule has 0 fully saturated rings. The molecule has 0 aliphatic heterocycles. The molecule has 0 aliphatic rings. The number of benzene rings is 1. The van der Waals surface area contributed by atoms with Crippen molar-refractivity contribution < 1.29 is 9.84 Å². The number of thioether (sulfide) groups is 1. The number of methoxy groups -OCH3 is 1. The summed E-state index contributed by atoms with van der Waals surface area (Å²) in [5, 5.41) is 9.03. The summed E-state index contributed by atoms with van der Waals surface area (Å²) in [4.78, 5) is 1.21. The second kappa shape index (κ2) is 6.28. The van der Waals surface area contributed by atoms with E-state index in [4.69, 9.17) is 9.84 Å². The van der Waals surface area contributed by atoms with Crippen LogP contribution in [0.2, 0.25) is 0 Å². The van der Waals surface area contributed by atoms with Gasteiger partial charge in [-0.25, -0.2) is 0 Å². The normalized spacial score (nSPS) is 11.8. The maximum absolute atomic E-state index is 9.03. The first kappa shape index (κ1) is 13.6. The Balaban J connectivity index is 2.42. The Morgan fingerprint density at radius 2 is 2.12 bits per heavy atom. The average Bonchev–Trinajstić information content (AvgIpc) is 2.29. The predicted octanol–water partition coefficient (Wildman–Crippen LogP) is 3.09. The standard InChI is InChI=1S/C13H20O2S/c1-13(2,15-3)7-8-16-12-6-4-5-11(9-12)10-14/h4-6,9,14H,7-8,10H2,1-3H3. The quantitative estimate of drug-likeness (QED) is 0.775. The maximum Gasteiger partial charge on any atom is 0.0682 e. The van der Waals surface area contributed by atoms with Gasteiger partial charge in [-0.05, 0) is 38.0 Å². The zero-order valence-corrected chi connectivity index (χ0v) is 11.0. The summed E-state index contributed by atoms with van der Waals surface area (Å²) in [7, 11) is 1.75. The molecule has 1 aromatic carbocycles. The Morgan fingerprint density at radius 1 is 1.38 bits per heavy atom. The molecule has 0 radical (unpaired) electrons. The van der Waals surface area contributed by atoms with Gasteiger partial charge in [0.1, 0.15) is 0 Å². The average molecular weight is 240 g/mol. The van der Waals surface area contributed by atoms with Crippen LogP contribution >= 0.6 is 11.8 Å². The number of ether oxygens (including phenoxy) is 1. The molecule has 0 heterocycles. The fraction of sp³-hybridized carbons (Fsp3) is 0.538. The van der Waals surface area contributed by atoms with Crippen molar-refractivity contribution in [2.45, 2.75) is 37.4 Å². The minimum atomic E-state index is -0.0540. The largest absolute Gasteiger partial charge is 0.392 e. The molecule has 0 unspecified atom stereocenters. The van der Waals surface area contributed by atoms with Gasteiger partial charge in [-0.15, -0.1) is 11.8 Å². The fourth-order valence-corrected chi connectivity index (χ4v) is 2.49. The van der Waals surface area contributed by atoms with Crippen molar-refractivity contribution in [3.63, 3.8) is 0 Å². The molecule has 0 aliphatic carbocycles. The Morgan fingerprint density at radius 3 is 2.75 bits per heavy atom. The van der Waals surface area contributed by atoms with Crippen LogP contribution in [0.4, 0.5) is 0 Å². The first-order valence-corrected chi connectivity index (χ1v) is 6.44. The Kier molecular flexibility index (Phi) is 5.32. The molecule has 0 saturated heterocycles. The highest BCUT2D eigenvalue weighted by Crippen LogP contribution is 2.23. The minimum Gasteiger partial charge on any atom is -0.392 e. The Hall–Kier alpha value is -0.510.